The van der Waals surface area contributed by atoms with Crippen molar-refractivity contribution in [3.63, 3.8) is 0 Å². The van der Waals surface area contributed by atoms with Crippen molar-refractivity contribution >= 4 is 19.9 Å². The molecule has 25 heavy (non-hydrogen) atoms. The summed E-state index contributed by atoms with van der Waals surface area (Å²) in [5.41, 5.74) is 0. The van der Waals surface area contributed by atoms with Gasteiger partial charge in [0.05, 0.1) is 15.4 Å². The molecule has 1 aromatic carbocycles. The number of hydrogen-bond acceptors (Lipinski definition) is 4. The highest BCUT2D eigenvalue weighted by molar-refractivity contribution is 7.92. The second kappa shape index (κ2) is 7.32. The van der Waals surface area contributed by atoms with Gasteiger partial charge >= 0.3 is 0 Å². The van der Waals surface area contributed by atoms with Gasteiger partial charge < -0.3 is 0 Å². The highest BCUT2D eigenvalue weighted by Crippen LogP contribution is 2.30. The van der Waals surface area contributed by atoms with Gasteiger partial charge in [-0.15, -0.1) is 0 Å². The van der Waals surface area contributed by atoms with E-state index in [9.17, 15) is 21.2 Å². The van der Waals surface area contributed by atoms with E-state index in [1.807, 2.05) is 0 Å². The number of hydrogen-bond donors (Lipinski definition) is 0. The first-order chi connectivity index (χ1) is 11.8. The van der Waals surface area contributed by atoms with Crippen LogP contribution < -0.4 is 0 Å². The average Bonchev–Trinajstić information content (AvgIpc) is 2.63. The van der Waals surface area contributed by atoms with Gasteiger partial charge in [-0.05, 0) is 49.9 Å². The van der Waals surface area contributed by atoms with Gasteiger partial charge in [-0.25, -0.2) is 25.5 Å². The fourth-order valence-corrected chi connectivity index (χ4v) is 7.59. The molecule has 1 aliphatic heterocycles. The zero-order valence-corrected chi connectivity index (χ0v) is 15.7. The number of benzene rings is 1. The number of sulfone groups is 1. The molecule has 2 aliphatic rings. The average molecular weight is 390 g/mol. The quantitative estimate of drug-likeness (QED) is 0.743. The van der Waals surface area contributed by atoms with Crippen molar-refractivity contribution in [2.45, 2.75) is 60.3 Å². The molecule has 0 radical (unpaired) electrons. The smallest absolute Gasteiger partial charge is 0.216 e. The molecule has 1 saturated heterocycles. The maximum Gasteiger partial charge on any atom is 0.216 e. The minimum absolute atomic E-state index is 0.0995. The molecular weight excluding hydrogens is 365 g/mol. The molecule has 1 saturated carbocycles. The van der Waals surface area contributed by atoms with Gasteiger partial charge in [0.25, 0.3) is 0 Å². The van der Waals surface area contributed by atoms with E-state index in [0.29, 0.717) is 12.8 Å². The minimum atomic E-state index is -3.56. The summed E-state index contributed by atoms with van der Waals surface area (Å²) in [5, 5.41) is -0.928. The first-order valence-corrected chi connectivity index (χ1v) is 11.9. The summed E-state index contributed by atoms with van der Waals surface area (Å²) in [6.07, 6.45) is 4.95. The van der Waals surface area contributed by atoms with Crippen molar-refractivity contribution in [3.8, 4) is 0 Å². The summed E-state index contributed by atoms with van der Waals surface area (Å²) in [6, 6.07) is 4.82. The lowest BCUT2D eigenvalue weighted by Crippen LogP contribution is -2.46. The Hall–Kier alpha value is -0.990. The minimum Gasteiger partial charge on any atom is -0.223 e. The molecule has 1 aliphatic carbocycles. The van der Waals surface area contributed by atoms with E-state index in [1.165, 1.54) is 16.4 Å². The van der Waals surface area contributed by atoms with Gasteiger partial charge in [-0.3, -0.25) is 0 Å². The van der Waals surface area contributed by atoms with Crippen molar-refractivity contribution in [3.05, 3.63) is 30.1 Å². The van der Waals surface area contributed by atoms with Gasteiger partial charge in [-0.1, -0.05) is 19.3 Å². The molecule has 0 aromatic heterocycles. The van der Waals surface area contributed by atoms with Crippen molar-refractivity contribution in [1.82, 2.24) is 4.31 Å². The monoisotopic (exact) mass is 389 g/mol. The van der Waals surface area contributed by atoms with Crippen LogP contribution in [-0.2, 0) is 19.9 Å². The van der Waals surface area contributed by atoms with E-state index < -0.39 is 30.9 Å². The molecule has 1 aromatic rings. The summed E-state index contributed by atoms with van der Waals surface area (Å²) < 4.78 is 65.3. The van der Waals surface area contributed by atoms with Crippen LogP contribution in [0.1, 0.15) is 44.9 Å². The van der Waals surface area contributed by atoms with E-state index >= 15 is 0 Å². The van der Waals surface area contributed by atoms with Crippen LogP contribution >= 0.6 is 0 Å². The lowest BCUT2D eigenvalue weighted by atomic mass is 10.0. The number of halogens is 1. The Balaban J connectivity index is 1.68. The third kappa shape index (κ3) is 3.90. The first-order valence-electron chi connectivity index (χ1n) is 8.80. The Morgan fingerprint density at radius 3 is 1.92 bits per heavy atom. The molecule has 0 bridgehead atoms. The van der Waals surface area contributed by atoms with Crippen LogP contribution in [0.25, 0.3) is 0 Å². The standard InChI is InChI=1S/C17H24FNO4S2/c18-14-6-8-15(9-7-14)24(20,21)16-10-12-19(13-11-16)25(22,23)17-4-2-1-3-5-17/h6-9,16-17H,1-5,10-13H2. The zero-order valence-electron chi connectivity index (χ0n) is 14.1. The summed E-state index contributed by atoms with van der Waals surface area (Å²) in [5.74, 6) is -0.479. The van der Waals surface area contributed by atoms with Crippen LogP contribution in [0, 0.1) is 5.82 Å². The van der Waals surface area contributed by atoms with Gasteiger partial charge in [0.15, 0.2) is 9.84 Å². The summed E-state index contributed by atoms with van der Waals surface area (Å²) in [6.45, 7) is 0.480. The maximum atomic E-state index is 13.0. The second-order valence-corrected chi connectivity index (χ2v) is 11.3. The van der Waals surface area contributed by atoms with Gasteiger partial charge in [0.1, 0.15) is 5.82 Å². The Morgan fingerprint density at radius 2 is 1.36 bits per heavy atom. The van der Waals surface area contributed by atoms with Crippen molar-refractivity contribution in [1.29, 1.82) is 0 Å². The molecule has 0 N–H and O–H groups in total. The SMILES string of the molecule is O=S(=O)(c1ccc(F)cc1)C1CCN(S(=O)(=O)C2CCCCC2)CC1. The lowest BCUT2D eigenvalue weighted by molar-refractivity contribution is 0.334. The number of sulfonamides is 1. The largest absolute Gasteiger partial charge is 0.223 e. The first kappa shape index (κ1) is 18.8. The van der Waals surface area contributed by atoms with Crippen LogP contribution in [0.4, 0.5) is 4.39 Å². The predicted molar refractivity (Wildman–Crippen MR) is 94.0 cm³/mol. The normalized spacial score (nSPS) is 22.1. The Labute approximate surface area is 149 Å². The van der Waals surface area contributed by atoms with Crippen LogP contribution in [-0.4, -0.2) is 44.7 Å². The van der Waals surface area contributed by atoms with E-state index in [1.54, 1.807) is 0 Å². The lowest BCUT2D eigenvalue weighted by Gasteiger charge is -2.34. The second-order valence-electron chi connectivity index (χ2n) is 6.90. The summed E-state index contributed by atoms with van der Waals surface area (Å²) in [4.78, 5) is 0.0995. The van der Waals surface area contributed by atoms with Crippen molar-refractivity contribution in [2.24, 2.45) is 0 Å². The molecular formula is C17H24FNO4S2. The third-order valence-corrected chi connectivity index (χ3v) is 9.99. The predicted octanol–water partition coefficient (Wildman–Crippen LogP) is 2.73. The maximum absolute atomic E-state index is 13.0. The highest BCUT2D eigenvalue weighted by atomic mass is 32.2. The molecule has 3 rings (SSSR count). The highest BCUT2D eigenvalue weighted by Gasteiger charge is 2.38. The van der Waals surface area contributed by atoms with Crippen molar-refractivity contribution in [2.75, 3.05) is 13.1 Å². The van der Waals surface area contributed by atoms with Crippen LogP contribution in [0.3, 0.4) is 0 Å². The number of nitrogens with zero attached hydrogens (tertiary/aromatic N) is 1. The number of rotatable bonds is 4. The Morgan fingerprint density at radius 1 is 0.800 bits per heavy atom. The molecule has 0 spiro atoms. The fourth-order valence-electron chi connectivity index (χ4n) is 3.79. The molecule has 0 amide bonds. The topological polar surface area (TPSA) is 71.5 Å². The molecule has 0 unspecified atom stereocenters. The molecule has 8 heteroatoms. The summed E-state index contributed by atoms with van der Waals surface area (Å²) in [7, 11) is -6.90. The van der Waals surface area contributed by atoms with Gasteiger partial charge in [0.2, 0.25) is 10.0 Å². The molecule has 140 valence electrons. The zero-order chi connectivity index (χ0) is 18.1. The van der Waals surface area contributed by atoms with E-state index in [2.05, 4.69) is 0 Å². The Bertz CT molecular complexity index is 792. The third-order valence-electron chi connectivity index (χ3n) is 5.32. The molecule has 1 heterocycles. The van der Waals surface area contributed by atoms with Crippen LogP contribution in [0.5, 0.6) is 0 Å². The summed E-state index contributed by atoms with van der Waals surface area (Å²) >= 11 is 0. The Kier molecular flexibility index (Phi) is 5.51. The number of piperidine rings is 1. The fraction of sp³-hybridized carbons (Fsp3) is 0.647. The van der Waals surface area contributed by atoms with Gasteiger partial charge in [-0.2, -0.15) is 0 Å². The van der Waals surface area contributed by atoms with Crippen LogP contribution in [0.2, 0.25) is 0 Å². The van der Waals surface area contributed by atoms with E-state index in [4.69, 9.17) is 0 Å². The van der Waals surface area contributed by atoms with Crippen molar-refractivity contribution < 1.29 is 21.2 Å². The van der Waals surface area contributed by atoms with E-state index in [-0.39, 0.29) is 36.1 Å². The van der Waals surface area contributed by atoms with E-state index in [0.717, 1.165) is 31.4 Å². The molecule has 2 fully saturated rings. The molecule has 5 nitrogen and oxygen atoms in total. The molecule has 0 atom stereocenters. The van der Waals surface area contributed by atoms with Gasteiger partial charge in [0, 0.05) is 13.1 Å². The van der Waals surface area contributed by atoms with Crippen LogP contribution in [0.15, 0.2) is 29.2 Å².